The van der Waals surface area contributed by atoms with Crippen LogP contribution in [0.4, 0.5) is 0 Å². The summed E-state index contributed by atoms with van der Waals surface area (Å²) in [7, 11) is 0. The van der Waals surface area contributed by atoms with Gasteiger partial charge < -0.3 is 19.5 Å². The maximum atomic E-state index is 11.7. The van der Waals surface area contributed by atoms with Gasteiger partial charge in [0.1, 0.15) is 6.10 Å². The second-order valence-corrected chi connectivity index (χ2v) is 6.19. The molecule has 1 N–H and O–H groups in total. The Morgan fingerprint density at radius 1 is 1.29 bits per heavy atom. The summed E-state index contributed by atoms with van der Waals surface area (Å²) in [4.78, 5) is 27.2. The summed E-state index contributed by atoms with van der Waals surface area (Å²) < 4.78 is 16.0. The summed E-state index contributed by atoms with van der Waals surface area (Å²) in [6.45, 7) is 1.30. The van der Waals surface area contributed by atoms with Gasteiger partial charge in [-0.3, -0.25) is 14.6 Å². The number of epoxide rings is 1. The van der Waals surface area contributed by atoms with Gasteiger partial charge in [0.15, 0.2) is 6.29 Å². The third-order valence-corrected chi connectivity index (χ3v) is 4.83. The first-order valence-corrected chi connectivity index (χ1v) is 7.49. The van der Waals surface area contributed by atoms with Crippen molar-refractivity contribution in [3.63, 3.8) is 0 Å². The maximum absolute atomic E-state index is 11.7. The summed E-state index contributed by atoms with van der Waals surface area (Å²) >= 11 is 0. The van der Waals surface area contributed by atoms with Crippen LogP contribution in [0, 0.1) is 17.8 Å². The Labute approximate surface area is 122 Å². The molecule has 1 aliphatic carbocycles. The van der Waals surface area contributed by atoms with Crippen molar-refractivity contribution in [3.05, 3.63) is 0 Å². The lowest BCUT2D eigenvalue weighted by molar-refractivity contribution is -0.153. The number of carbonyl (C=O) groups excluding carboxylic acids is 2. The van der Waals surface area contributed by atoms with Crippen molar-refractivity contribution in [2.45, 2.75) is 37.7 Å². The molecule has 0 aromatic rings. The number of rotatable bonds is 4. The maximum Gasteiger partial charge on any atom is 0.317 e. The van der Waals surface area contributed by atoms with Crippen LogP contribution in [0.5, 0.6) is 0 Å². The molecule has 6 atom stereocenters. The number of fused-ring (bicyclic) bond motifs is 1. The van der Waals surface area contributed by atoms with Crippen LogP contribution in [-0.2, 0) is 23.8 Å². The normalized spacial score (nSPS) is 44.4. The van der Waals surface area contributed by atoms with Crippen LogP contribution in [0.15, 0.2) is 4.99 Å². The third kappa shape index (κ3) is 2.44. The van der Waals surface area contributed by atoms with Gasteiger partial charge in [0.05, 0.1) is 37.4 Å². The van der Waals surface area contributed by atoms with Crippen molar-refractivity contribution in [1.29, 1.82) is 0 Å². The molecule has 6 unspecified atom stereocenters. The van der Waals surface area contributed by atoms with Crippen molar-refractivity contribution in [3.8, 4) is 0 Å². The topological polar surface area (TPSA) is 89.5 Å². The van der Waals surface area contributed by atoms with Crippen molar-refractivity contribution in [2.24, 2.45) is 22.7 Å². The highest BCUT2D eigenvalue weighted by atomic mass is 16.8. The Kier molecular flexibility index (Phi) is 3.19. The number of ether oxygens (including phenoxy) is 3. The Morgan fingerprint density at radius 2 is 2.14 bits per heavy atom. The molecule has 3 aliphatic heterocycles. The van der Waals surface area contributed by atoms with E-state index < -0.39 is 0 Å². The molecule has 2 saturated heterocycles. The lowest BCUT2D eigenvalue weighted by Gasteiger charge is -2.26. The molecule has 3 heterocycles. The SMILES string of the molecule is O=C1OC(=O)C2CC(C3OC3OCC3CN=CN3)CCC12. The predicted molar refractivity (Wildman–Crippen MR) is 70.3 cm³/mol. The Bertz CT molecular complexity index is 486. The fraction of sp³-hybridized carbons (Fsp3) is 0.786. The van der Waals surface area contributed by atoms with Crippen LogP contribution >= 0.6 is 0 Å². The average Bonchev–Trinajstić information content (AvgIpc) is 2.96. The molecule has 0 bridgehead atoms. The fourth-order valence-electron chi connectivity index (χ4n) is 3.57. The molecule has 1 saturated carbocycles. The standard InChI is InChI=1S/C14H18N2O5/c17-12-9-2-1-7(3-10(9)13(18)21-12)11-14(20-11)19-5-8-4-15-6-16-8/h6-11,14H,1-5H2,(H,15,16). The summed E-state index contributed by atoms with van der Waals surface area (Å²) in [6, 6.07) is 0.230. The molecule has 3 fully saturated rings. The molecule has 0 aromatic carbocycles. The fourth-order valence-corrected chi connectivity index (χ4v) is 3.57. The lowest BCUT2D eigenvalue weighted by atomic mass is 9.74. The molecule has 0 amide bonds. The summed E-state index contributed by atoms with van der Waals surface area (Å²) in [5, 5.41) is 3.10. The van der Waals surface area contributed by atoms with Crippen molar-refractivity contribution < 1.29 is 23.8 Å². The highest BCUT2D eigenvalue weighted by Gasteiger charge is 2.54. The summed E-state index contributed by atoms with van der Waals surface area (Å²) in [5.41, 5.74) is 0. The lowest BCUT2D eigenvalue weighted by Crippen LogP contribution is -2.32. The molecule has 0 radical (unpaired) electrons. The summed E-state index contributed by atoms with van der Waals surface area (Å²) in [6.07, 6.45) is 3.84. The zero-order valence-electron chi connectivity index (χ0n) is 11.6. The highest BCUT2D eigenvalue weighted by Crippen LogP contribution is 2.45. The molecule has 0 aromatic heterocycles. The zero-order valence-corrected chi connectivity index (χ0v) is 11.6. The first-order chi connectivity index (χ1) is 10.2. The number of aliphatic imine (C=N–C) groups is 1. The van der Waals surface area contributed by atoms with Gasteiger partial charge in [-0.2, -0.15) is 0 Å². The van der Waals surface area contributed by atoms with Crippen LogP contribution < -0.4 is 5.32 Å². The Morgan fingerprint density at radius 3 is 2.95 bits per heavy atom. The highest BCUT2D eigenvalue weighted by molar-refractivity contribution is 5.96. The molecule has 114 valence electrons. The second kappa shape index (κ2) is 5.06. The number of carbonyl (C=O) groups is 2. The van der Waals surface area contributed by atoms with E-state index in [2.05, 4.69) is 10.3 Å². The van der Waals surface area contributed by atoms with Crippen LogP contribution in [0.3, 0.4) is 0 Å². The number of esters is 2. The first kappa shape index (κ1) is 13.2. The van der Waals surface area contributed by atoms with E-state index in [1.165, 1.54) is 0 Å². The van der Waals surface area contributed by atoms with Crippen LogP contribution in [0.1, 0.15) is 19.3 Å². The predicted octanol–water partition coefficient (Wildman–Crippen LogP) is -0.156. The minimum atomic E-state index is -0.361. The van der Waals surface area contributed by atoms with E-state index in [4.69, 9.17) is 14.2 Å². The second-order valence-electron chi connectivity index (χ2n) is 6.19. The van der Waals surface area contributed by atoms with E-state index in [0.29, 0.717) is 19.4 Å². The molecule has 4 rings (SSSR count). The van der Waals surface area contributed by atoms with E-state index >= 15 is 0 Å². The molecular formula is C14H18N2O5. The van der Waals surface area contributed by atoms with Gasteiger partial charge in [0.25, 0.3) is 0 Å². The molecule has 7 nitrogen and oxygen atoms in total. The zero-order chi connectivity index (χ0) is 14.4. The number of hydrogen-bond donors (Lipinski definition) is 1. The van der Waals surface area contributed by atoms with Crippen molar-refractivity contribution in [2.75, 3.05) is 13.2 Å². The molecule has 21 heavy (non-hydrogen) atoms. The van der Waals surface area contributed by atoms with Gasteiger partial charge in [-0.05, 0) is 25.2 Å². The third-order valence-electron chi connectivity index (χ3n) is 4.83. The van der Waals surface area contributed by atoms with Gasteiger partial charge in [-0.15, -0.1) is 0 Å². The Hall–Kier alpha value is -1.47. The monoisotopic (exact) mass is 294 g/mol. The minimum Gasteiger partial charge on any atom is -0.393 e. The largest absolute Gasteiger partial charge is 0.393 e. The van der Waals surface area contributed by atoms with E-state index in [9.17, 15) is 9.59 Å². The van der Waals surface area contributed by atoms with Crippen LogP contribution in [-0.4, -0.2) is 49.9 Å². The Balaban J connectivity index is 1.27. The van der Waals surface area contributed by atoms with E-state index in [1.54, 1.807) is 6.34 Å². The van der Waals surface area contributed by atoms with Crippen molar-refractivity contribution >= 4 is 18.3 Å². The quantitative estimate of drug-likeness (QED) is 0.440. The van der Waals surface area contributed by atoms with Crippen LogP contribution in [0.2, 0.25) is 0 Å². The van der Waals surface area contributed by atoms with E-state index in [-0.39, 0.29) is 48.1 Å². The van der Waals surface area contributed by atoms with Crippen molar-refractivity contribution in [1.82, 2.24) is 5.32 Å². The van der Waals surface area contributed by atoms with Gasteiger partial charge in [0, 0.05) is 0 Å². The van der Waals surface area contributed by atoms with E-state index in [1.807, 2.05) is 0 Å². The van der Waals surface area contributed by atoms with Gasteiger partial charge in [0.2, 0.25) is 0 Å². The average molecular weight is 294 g/mol. The minimum absolute atomic E-state index is 0.0526. The molecular weight excluding hydrogens is 276 g/mol. The van der Waals surface area contributed by atoms with Crippen LogP contribution in [0.25, 0.3) is 0 Å². The smallest absolute Gasteiger partial charge is 0.317 e. The molecule has 7 heteroatoms. The molecule has 4 aliphatic rings. The first-order valence-electron chi connectivity index (χ1n) is 7.49. The number of nitrogens with zero attached hydrogens (tertiary/aromatic N) is 1. The molecule has 0 spiro atoms. The number of cyclic esters (lactones) is 2. The van der Waals surface area contributed by atoms with E-state index in [0.717, 1.165) is 13.0 Å². The van der Waals surface area contributed by atoms with Gasteiger partial charge in [-0.25, -0.2) is 0 Å². The number of hydrogen-bond acceptors (Lipinski definition) is 7. The van der Waals surface area contributed by atoms with Gasteiger partial charge in [-0.1, -0.05) is 0 Å². The number of nitrogens with one attached hydrogen (secondary N) is 1. The van der Waals surface area contributed by atoms with Gasteiger partial charge >= 0.3 is 11.9 Å². The summed E-state index contributed by atoms with van der Waals surface area (Å²) in [5.74, 6) is -0.930.